The van der Waals surface area contributed by atoms with E-state index in [0.29, 0.717) is 29.8 Å². The maximum atomic E-state index is 6.12. The van der Waals surface area contributed by atoms with Gasteiger partial charge in [0, 0.05) is 6.42 Å². The van der Waals surface area contributed by atoms with Crippen molar-refractivity contribution in [2.24, 2.45) is 5.73 Å². The number of hydrogen-bond acceptors (Lipinski definition) is 5. The van der Waals surface area contributed by atoms with Crippen molar-refractivity contribution in [3.63, 3.8) is 0 Å². The van der Waals surface area contributed by atoms with Crippen LogP contribution in [0.25, 0.3) is 10.8 Å². The Kier molecular flexibility index (Phi) is 3.58. The molecule has 0 atom stereocenters. The van der Waals surface area contributed by atoms with Crippen LogP contribution in [0.3, 0.4) is 0 Å². The summed E-state index contributed by atoms with van der Waals surface area (Å²) in [5.41, 5.74) is 6.44. The summed E-state index contributed by atoms with van der Waals surface area (Å²) in [6, 6.07) is 0. The Morgan fingerprint density at radius 1 is 1.50 bits per heavy atom. The molecular formula is C10H12ClN3OS. The van der Waals surface area contributed by atoms with E-state index >= 15 is 0 Å². The zero-order chi connectivity index (χ0) is 11.5. The van der Waals surface area contributed by atoms with Crippen LogP contribution in [0.1, 0.15) is 17.9 Å². The van der Waals surface area contributed by atoms with E-state index in [9.17, 15) is 0 Å². The third kappa shape index (κ3) is 2.26. The Labute approximate surface area is 102 Å². The van der Waals surface area contributed by atoms with Crippen LogP contribution in [-0.2, 0) is 6.42 Å². The minimum atomic E-state index is 0.495. The summed E-state index contributed by atoms with van der Waals surface area (Å²) in [6.45, 7) is 2.57. The average Bonchev–Trinajstić information content (AvgIpc) is 2.85. The predicted octanol–water partition coefficient (Wildman–Crippen LogP) is 2.65. The largest absolute Gasteiger partial charge is 0.420 e. The van der Waals surface area contributed by atoms with Crippen molar-refractivity contribution >= 4 is 22.9 Å². The molecule has 2 rings (SSSR count). The van der Waals surface area contributed by atoms with Crippen LogP contribution in [0.4, 0.5) is 0 Å². The summed E-state index contributed by atoms with van der Waals surface area (Å²) < 4.78 is 5.51. The van der Waals surface area contributed by atoms with E-state index in [2.05, 4.69) is 10.2 Å². The van der Waals surface area contributed by atoms with Gasteiger partial charge in [-0.1, -0.05) is 11.6 Å². The van der Waals surface area contributed by atoms with E-state index in [0.717, 1.165) is 16.9 Å². The number of nitrogens with two attached hydrogens (primary N) is 1. The Morgan fingerprint density at radius 3 is 2.94 bits per heavy atom. The van der Waals surface area contributed by atoms with E-state index in [4.69, 9.17) is 21.8 Å². The lowest BCUT2D eigenvalue weighted by Gasteiger charge is -1.92. The Hall–Kier alpha value is -0.910. The van der Waals surface area contributed by atoms with Crippen molar-refractivity contribution in [2.45, 2.75) is 19.8 Å². The summed E-state index contributed by atoms with van der Waals surface area (Å²) in [5.74, 6) is 1.11. The molecular weight excluding hydrogens is 246 g/mol. The van der Waals surface area contributed by atoms with Crippen molar-refractivity contribution in [3.8, 4) is 10.8 Å². The van der Waals surface area contributed by atoms with Gasteiger partial charge in [-0.3, -0.25) is 0 Å². The van der Waals surface area contributed by atoms with Gasteiger partial charge in [-0.2, -0.15) is 0 Å². The molecule has 0 saturated carbocycles. The number of nitrogens with zero attached hydrogens (tertiary/aromatic N) is 2. The van der Waals surface area contributed by atoms with Crippen molar-refractivity contribution in [2.75, 3.05) is 6.54 Å². The van der Waals surface area contributed by atoms with Gasteiger partial charge >= 0.3 is 0 Å². The average molecular weight is 258 g/mol. The molecule has 2 aromatic rings. The summed E-state index contributed by atoms with van der Waals surface area (Å²) in [4.78, 5) is 0.839. The fraction of sp³-hybridized carbons (Fsp3) is 0.400. The van der Waals surface area contributed by atoms with Gasteiger partial charge in [0.15, 0.2) is 0 Å². The first-order valence-corrected chi connectivity index (χ1v) is 6.24. The SMILES string of the molecule is Cc1csc(-c2nnc(CCCN)o2)c1Cl. The molecule has 16 heavy (non-hydrogen) atoms. The van der Waals surface area contributed by atoms with Gasteiger partial charge in [-0.05, 0) is 30.8 Å². The molecule has 0 aliphatic heterocycles. The van der Waals surface area contributed by atoms with Crippen molar-refractivity contribution in [1.82, 2.24) is 10.2 Å². The standard InChI is InChI=1S/C10H12ClN3OS/c1-6-5-16-9(8(6)11)10-14-13-7(15-10)3-2-4-12/h5H,2-4,12H2,1H3. The Balaban J connectivity index is 2.21. The van der Waals surface area contributed by atoms with E-state index in [1.54, 1.807) is 0 Å². The minimum absolute atomic E-state index is 0.495. The highest BCUT2D eigenvalue weighted by Gasteiger charge is 2.15. The highest BCUT2D eigenvalue weighted by atomic mass is 35.5. The Morgan fingerprint density at radius 2 is 2.31 bits per heavy atom. The van der Waals surface area contributed by atoms with Gasteiger partial charge < -0.3 is 10.2 Å². The van der Waals surface area contributed by atoms with Crippen molar-refractivity contribution < 1.29 is 4.42 Å². The molecule has 0 aliphatic carbocycles. The normalized spacial score (nSPS) is 10.9. The first-order chi connectivity index (χ1) is 7.72. The molecule has 2 N–H and O–H groups in total. The van der Waals surface area contributed by atoms with Crippen LogP contribution in [0, 0.1) is 6.92 Å². The summed E-state index contributed by atoms with van der Waals surface area (Å²) in [5, 5.41) is 10.6. The first-order valence-electron chi connectivity index (χ1n) is 4.98. The molecule has 0 saturated heterocycles. The number of aryl methyl sites for hydroxylation is 2. The van der Waals surface area contributed by atoms with Gasteiger partial charge in [-0.15, -0.1) is 21.5 Å². The van der Waals surface area contributed by atoms with Crippen LogP contribution in [0.5, 0.6) is 0 Å². The van der Waals surface area contributed by atoms with E-state index in [-0.39, 0.29) is 0 Å². The van der Waals surface area contributed by atoms with Crippen molar-refractivity contribution in [1.29, 1.82) is 0 Å². The van der Waals surface area contributed by atoms with Gasteiger partial charge in [0.05, 0.1) is 5.02 Å². The van der Waals surface area contributed by atoms with Crippen LogP contribution < -0.4 is 5.73 Å². The summed E-state index contributed by atoms with van der Waals surface area (Å²) >= 11 is 7.63. The molecule has 0 amide bonds. The zero-order valence-electron chi connectivity index (χ0n) is 8.86. The predicted molar refractivity (Wildman–Crippen MR) is 64.7 cm³/mol. The number of halogens is 1. The van der Waals surface area contributed by atoms with E-state index < -0.39 is 0 Å². The molecule has 0 unspecified atom stereocenters. The quantitative estimate of drug-likeness (QED) is 0.915. The van der Waals surface area contributed by atoms with Crippen LogP contribution in [0.15, 0.2) is 9.80 Å². The van der Waals surface area contributed by atoms with E-state index in [1.807, 2.05) is 12.3 Å². The third-order valence-electron chi connectivity index (χ3n) is 2.15. The minimum Gasteiger partial charge on any atom is -0.420 e. The second-order valence-electron chi connectivity index (χ2n) is 3.46. The molecule has 0 bridgehead atoms. The molecule has 0 spiro atoms. The maximum Gasteiger partial charge on any atom is 0.259 e. The number of aromatic nitrogens is 2. The molecule has 6 heteroatoms. The monoisotopic (exact) mass is 257 g/mol. The zero-order valence-corrected chi connectivity index (χ0v) is 10.4. The first kappa shape index (κ1) is 11.6. The van der Waals surface area contributed by atoms with Gasteiger partial charge in [-0.25, -0.2) is 0 Å². The molecule has 2 heterocycles. The Bertz CT molecular complexity index is 480. The van der Waals surface area contributed by atoms with Gasteiger partial charge in [0.1, 0.15) is 4.88 Å². The number of thiophene rings is 1. The molecule has 2 aromatic heterocycles. The molecule has 4 nitrogen and oxygen atoms in total. The van der Waals surface area contributed by atoms with Gasteiger partial charge in [0.25, 0.3) is 5.89 Å². The second kappa shape index (κ2) is 4.95. The smallest absolute Gasteiger partial charge is 0.259 e. The summed E-state index contributed by atoms with van der Waals surface area (Å²) in [7, 11) is 0. The number of hydrogen-bond donors (Lipinski definition) is 1. The lowest BCUT2D eigenvalue weighted by molar-refractivity contribution is 0.500. The maximum absolute atomic E-state index is 6.12. The van der Waals surface area contributed by atoms with Crippen LogP contribution in [-0.4, -0.2) is 16.7 Å². The van der Waals surface area contributed by atoms with Crippen molar-refractivity contribution in [3.05, 3.63) is 21.9 Å². The second-order valence-corrected chi connectivity index (χ2v) is 4.71. The van der Waals surface area contributed by atoms with E-state index in [1.165, 1.54) is 11.3 Å². The number of rotatable bonds is 4. The highest BCUT2D eigenvalue weighted by molar-refractivity contribution is 7.14. The molecule has 0 aliphatic rings. The fourth-order valence-corrected chi connectivity index (χ4v) is 2.47. The topological polar surface area (TPSA) is 64.9 Å². The lowest BCUT2D eigenvalue weighted by Crippen LogP contribution is -2.00. The van der Waals surface area contributed by atoms with Crippen LogP contribution in [0.2, 0.25) is 5.02 Å². The molecule has 0 radical (unpaired) electrons. The highest BCUT2D eigenvalue weighted by Crippen LogP contribution is 2.35. The molecule has 86 valence electrons. The van der Waals surface area contributed by atoms with Gasteiger partial charge in [0.2, 0.25) is 5.89 Å². The third-order valence-corrected chi connectivity index (χ3v) is 3.84. The molecule has 0 aromatic carbocycles. The fourth-order valence-electron chi connectivity index (χ4n) is 1.27. The van der Waals surface area contributed by atoms with Crippen LogP contribution >= 0.6 is 22.9 Å². The molecule has 0 fully saturated rings. The lowest BCUT2D eigenvalue weighted by atomic mass is 10.3. The summed E-state index contributed by atoms with van der Waals surface area (Å²) in [6.07, 6.45) is 1.56.